The van der Waals surface area contributed by atoms with Gasteiger partial charge in [-0.15, -0.1) is 13.2 Å². The minimum absolute atomic E-state index is 0.270. The van der Waals surface area contributed by atoms with E-state index in [1.54, 1.807) is 5.32 Å². The van der Waals surface area contributed by atoms with Gasteiger partial charge in [0.25, 0.3) is 5.91 Å². The number of urea groups is 1. The molecule has 0 saturated heterocycles. The second-order valence-corrected chi connectivity index (χ2v) is 6.10. The molecule has 0 spiro atoms. The van der Waals surface area contributed by atoms with E-state index in [-0.39, 0.29) is 5.69 Å². The summed E-state index contributed by atoms with van der Waals surface area (Å²) in [6.07, 6.45) is -15.0. The minimum Gasteiger partial charge on any atom is -0.427 e. The van der Waals surface area contributed by atoms with Gasteiger partial charge in [0.1, 0.15) is 22.9 Å². The number of hydrogen-bond acceptors (Lipinski definition) is 4. The smallest absolute Gasteiger partial charge is 0.427 e. The first kappa shape index (κ1) is 25.1. The number of nitrogens with one attached hydrogen (secondary N) is 2. The monoisotopic (exact) mass is 498 g/mol. The fourth-order valence-corrected chi connectivity index (χ4v) is 2.30. The molecule has 2 rings (SSSR count). The van der Waals surface area contributed by atoms with Gasteiger partial charge in [-0.2, -0.15) is 8.78 Å². The van der Waals surface area contributed by atoms with Crippen molar-refractivity contribution in [1.82, 2.24) is 5.32 Å². The van der Waals surface area contributed by atoms with E-state index in [9.17, 15) is 44.7 Å². The van der Waals surface area contributed by atoms with Crippen molar-refractivity contribution in [2.45, 2.75) is 18.8 Å². The van der Waals surface area contributed by atoms with Crippen LogP contribution in [0.4, 0.5) is 45.6 Å². The zero-order chi connectivity index (χ0) is 24.3. The van der Waals surface area contributed by atoms with Crippen LogP contribution in [0.1, 0.15) is 10.4 Å². The van der Waals surface area contributed by atoms with E-state index in [0.717, 1.165) is 30.3 Å². The predicted molar refractivity (Wildman–Crippen MR) is 91.9 cm³/mol. The molecule has 3 amide bonds. The second kappa shape index (κ2) is 9.56. The summed E-state index contributed by atoms with van der Waals surface area (Å²) >= 11 is 5.62. The standard InChI is InChI=1S/C17H9ClF8N2O4/c18-8-6-7(4-5-11(8)31-16(22,23)14(21)32-17(24,25)26)27-15(30)28-13(29)12-9(19)2-1-3-10(12)20/h1-6,14H,(H2,27,28,29,30)/i4+1,5+1,6+1,7+1,8+1,11+1. The third kappa shape index (κ3) is 6.68. The van der Waals surface area contributed by atoms with Crippen LogP contribution in [0, 0.1) is 11.6 Å². The summed E-state index contributed by atoms with van der Waals surface area (Å²) in [4.78, 5) is 23.6. The number of carbonyl (C=O) groups is 2. The molecule has 0 bridgehead atoms. The molecule has 0 radical (unpaired) electrons. The lowest BCUT2D eigenvalue weighted by atomic mass is 10.2. The number of hydrogen-bond donors (Lipinski definition) is 2. The van der Waals surface area contributed by atoms with Crippen LogP contribution in [-0.4, -0.2) is 30.8 Å². The Kier molecular flexibility index (Phi) is 7.51. The molecule has 32 heavy (non-hydrogen) atoms. The molecule has 2 aromatic carbocycles. The summed E-state index contributed by atoms with van der Waals surface area (Å²) in [7, 11) is 0. The van der Waals surface area contributed by atoms with E-state index >= 15 is 0 Å². The Labute approximate surface area is 178 Å². The average Bonchev–Trinajstić information content (AvgIpc) is 2.62. The SMILES string of the molecule is O=C(NC(=O)c1c(F)cccc1F)N[13c]1[13cH][13cH][13c](OC(F)(F)C(F)OC(F)(F)F)[13c](Cl)[13cH]1. The van der Waals surface area contributed by atoms with Crippen LogP contribution in [0.25, 0.3) is 0 Å². The average molecular weight is 499 g/mol. The number of benzene rings is 2. The molecular formula is C17H9ClF8N2O4. The lowest BCUT2D eigenvalue weighted by Gasteiger charge is -2.22. The van der Waals surface area contributed by atoms with E-state index in [1.165, 1.54) is 0 Å². The molecular weight excluding hydrogens is 490 g/mol. The van der Waals surface area contributed by atoms with Crippen LogP contribution in [0.15, 0.2) is 36.4 Å². The summed E-state index contributed by atoms with van der Waals surface area (Å²) in [5.74, 6) is -4.93. The maximum absolute atomic E-state index is 13.5. The van der Waals surface area contributed by atoms with Crippen molar-refractivity contribution in [3.05, 3.63) is 58.6 Å². The first-order chi connectivity index (χ1) is 14.7. The second-order valence-electron chi connectivity index (χ2n) is 5.69. The molecule has 1 unspecified atom stereocenters. The largest absolute Gasteiger partial charge is 0.525 e. The highest BCUT2D eigenvalue weighted by molar-refractivity contribution is 6.32. The zero-order valence-electron chi connectivity index (χ0n) is 15.1. The number of halogens is 9. The highest BCUT2D eigenvalue weighted by atomic mass is 35.5. The van der Waals surface area contributed by atoms with Crippen molar-refractivity contribution < 1.29 is 54.2 Å². The Hall–Kier alpha value is -3.13. The lowest BCUT2D eigenvalue weighted by Crippen LogP contribution is -2.41. The molecule has 174 valence electrons. The number of rotatable bonds is 6. The summed E-state index contributed by atoms with van der Waals surface area (Å²) in [5.41, 5.74) is -1.32. The highest BCUT2D eigenvalue weighted by Gasteiger charge is 2.50. The first-order valence-corrected chi connectivity index (χ1v) is 8.39. The predicted octanol–water partition coefficient (Wildman–Crippen LogP) is 5.38. The molecule has 6 nitrogen and oxygen atoms in total. The Balaban J connectivity index is 2.05. The molecule has 2 aromatic rings. The molecule has 0 aliphatic carbocycles. The van der Waals surface area contributed by atoms with Crippen LogP contribution >= 0.6 is 11.6 Å². The number of alkyl halides is 6. The Morgan fingerprint density at radius 3 is 2.12 bits per heavy atom. The third-order valence-corrected chi connectivity index (χ3v) is 3.65. The van der Waals surface area contributed by atoms with Crippen molar-refractivity contribution >= 4 is 29.2 Å². The summed E-state index contributed by atoms with van der Waals surface area (Å²) in [5, 5.41) is 2.86. The van der Waals surface area contributed by atoms with Gasteiger partial charge in [0.15, 0.2) is 0 Å². The molecule has 0 fully saturated rings. The highest BCUT2D eigenvalue weighted by Crippen LogP contribution is 2.35. The van der Waals surface area contributed by atoms with Gasteiger partial charge in [0.2, 0.25) is 0 Å². The maximum atomic E-state index is 13.5. The van der Waals surface area contributed by atoms with E-state index in [0.29, 0.717) is 6.07 Å². The van der Waals surface area contributed by atoms with Crippen LogP contribution < -0.4 is 15.4 Å². The molecule has 0 heterocycles. The number of anilines is 1. The Morgan fingerprint density at radius 1 is 1.00 bits per heavy atom. The third-order valence-electron chi connectivity index (χ3n) is 3.35. The van der Waals surface area contributed by atoms with Gasteiger partial charge in [-0.05, 0) is 30.3 Å². The van der Waals surface area contributed by atoms with E-state index in [2.05, 4.69) is 9.47 Å². The molecule has 0 saturated carbocycles. The van der Waals surface area contributed by atoms with Gasteiger partial charge in [0.05, 0.1) is 5.02 Å². The first-order valence-electron chi connectivity index (χ1n) is 8.01. The van der Waals surface area contributed by atoms with Gasteiger partial charge in [0, 0.05) is 5.69 Å². The maximum Gasteiger partial charge on any atom is 0.525 e. The van der Waals surface area contributed by atoms with Gasteiger partial charge >= 0.3 is 24.9 Å². The summed E-state index contributed by atoms with van der Waals surface area (Å²) in [6, 6.07) is 3.43. The topological polar surface area (TPSA) is 76.7 Å². The van der Waals surface area contributed by atoms with Gasteiger partial charge < -0.3 is 10.1 Å². The number of amides is 3. The summed E-state index contributed by atoms with van der Waals surface area (Å²) < 4.78 is 109. The molecule has 2 N–H and O–H groups in total. The van der Waals surface area contributed by atoms with Crippen LogP contribution in [0.3, 0.4) is 0 Å². The van der Waals surface area contributed by atoms with Gasteiger partial charge in [-0.1, -0.05) is 17.7 Å². The molecule has 0 aliphatic heterocycles. The van der Waals surface area contributed by atoms with Crippen molar-refractivity contribution in [3.63, 3.8) is 0 Å². The fourth-order valence-electron chi connectivity index (χ4n) is 2.08. The van der Waals surface area contributed by atoms with Crippen LogP contribution in [-0.2, 0) is 4.74 Å². The quantitative estimate of drug-likeness (QED) is 0.524. The molecule has 15 heteroatoms. The van der Waals surface area contributed by atoms with Gasteiger partial charge in [-0.3, -0.25) is 10.1 Å². The lowest BCUT2D eigenvalue weighted by molar-refractivity contribution is -0.411. The number of imide groups is 1. The number of ether oxygens (including phenoxy) is 2. The van der Waals surface area contributed by atoms with Crippen LogP contribution in [0.2, 0.25) is 5.02 Å². The van der Waals surface area contributed by atoms with E-state index in [1.807, 2.05) is 5.32 Å². The minimum atomic E-state index is -5.71. The van der Waals surface area contributed by atoms with Crippen molar-refractivity contribution in [1.29, 1.82) is 0 Å². The molecule has 0 aliphatic rings. The Morgan fingerprint density at radius 2 is 1.59 bits per heavy atom. The fraction of sp³-hybridized carbons (Fsp3) is 0.176. The van der Waals surface area contributed by atoms with Gasteiger partial charge in [-0.25, -0.2) is 22.7 Å². The summed E-state index contributed by atoms with van der Waals surface area (Å²) in [6.45, 7) is 0. The van der Waals surface area contributed by atoms with E-state index < -0.39 is 58.7 Å². The van der Waals surface area contributed by atoms with E-state index in [4.69, 9.17) is 11.6 Å². The van der Waals surface area contributed by atoms with Crippen molar-refractivity contribution in [2.75, 3.05) is 5.32 Å². The normalized spacial score (nSPS) is 12.8. The number of carbonyl (C=O) groups excluding carboxylic acids is 2. The van der Waals surface area contributed by atoms with Crippen molar-refractivity contribution in [2.24, 2.45) is 0 Å². The van der Waals surface area contributed by atoms with Crippen LogP contribution in [0.5, 0.6) is 5.75 Å². The molecule has 1 atom stereocenters. The Bertz CT molecular complexity index is 998. The zero-order valence-corrected chi connectivity index (χ0v) is 15.8. The molecule has 0 aromatic heterocycles. The van der Waals surface area contributed by atoms with Crippen molar-refractivity contribution in [3.8, 4) is 5.75 Å².